The first-order valence-corrected chi connectivity index (χ1v) is 10.0. The summed E-state index contributed by atoms with van der Waals surface area (Å²) in [6.45, 7) is 8.01. The number of nitrogens with one attached hydrogen (secondary N) is 2. The minimum atomic E-state index is -0.305. The van der Waals surface area contributed by atoms with Crippen molar-refractivity contribution < 1.29 is 9.53 Å². The molecular formula is C22H24N8O2. The molecule has 0 aliphatic heterocycles. The Morgan fingerprint density at radius 2 is 1.97 bits per heavy atom. The first-order chi connectivity index (χ1) is 15.2. The molecule has 4 heterocycles. The van der Waals surface area contributed by atoms with Gasteiger partial charge in [0.25, 0.3) is 5.91 Å². The summed E-state index contributed by atoms with van der Waals surface area (Å²) in [5.41, 5.74) is 3.86. The summed E-state index contributed by atoms with van der Waals surface area (Å²) in [6.07, 6.45) is 6.59. The van der Waals surface area contributed by atoms with E-state index in [1.807, 2.05) is 19.1 Å². The predicted octanol–water partition coefficient (Wildman–Crippen LogP) is 3.31. The van der Waals surface area contributed by atoms with Crippen LogP contribution in [0.1, 0.15) is 42.5 Å². The molecule has 32 heavy (non-hydrogen) atoms. The average molecular weight is 432 g/mol. The Morgan fingerprint density at radius 1 is 1.16 bits per heavy atom. The van der Waals surface area contributed by atoms with Gasteiger partial charge in [-0.05, 0) is 19.1 Å². The van der Waals surface area contributed by atoms with Crippen molar-refractivity contribution in [1.29, 1.82) is 0 Å². The molecule has 0 atom stereocenters. The number of carbonyl (C=O) groups is 1. The van der Waals surface area contributed by atoms with Crippen LogP contribution in [0.25, 0.3) is 16.9 Å². The van der Waals surface area contributed by atoms with Gasteiger partial charge < -0.3 is 10.1 Å². The number of methoxy groups -OCH3 is 1. The molecule has 1 amide bonds. The van der Waals surface area contributed by atoms with Crippen LogP contribution in [0.3, 0.4) is 0 Å². The summed E-state index contributed by atoms with van der Waals surface area (Å²) in [5, 5.41) is 18.4. The van der Waals surface area contributed by atoms with Gasteiger partial charge in [0.15, 0.2) is 0 Å². The van der Waals surface area contributed by atoms with Gasteiger partial charge in [0.1, 0.15) is 17.3 Å². The second-order valence-corrected chi connectivity index (χ2v) is 8.36. The molecule has 4 rings (SSSR count). The van der Waals surface area contributed by atoms with Gasteiger partial charge >= 0.3 is 0 Å². The topological polar surface area (TPSA) is 124 Å². The SMILES string of the molecule is COc1cncc(-c2cn(-c3cc(C(=O)Nc4cc(C(C)(C)C)n[nH]4)cnc3C)nn2)c1. The lowest BCUT2D eigenvalue weighted by molar-refractivity contribution is 0.102. The zero-order valence-corrected chi connectivity index (χ0v) is 18.5. The molecule has 0 fully saturated rings. The van der Waals surface area contributed by atoms with Crippen LogP contribution < -0.4 is 10.1 Å². The molecule has 0 aromatic carbocycles. The molecule has 10 heteroatoms. The van der Waals surface area contributed by atoms with Crippen LogP contribution in [0, 0.1) is 6.92 Å². The molecule has 4 aromatic rings. The van der Waals surface area contributed by atoms with Crippen molar-refractivity contribution in [3.63, 3.8) is 0 Å². The number of hydrogen-bond acceptors (Lipinski definition) is 7. The molecule has 0 spiro atoms. The number of H-pyrrole nitrogens is 1. The molecule has 0 aliphatic carbocycles. The lowest BCUT2D eigenvalue weighted by atomic mass is 9.92. The van der Waals surface area contributed by atoms with E-state index in [-0.39, 0.29) is 11.3 Å². The number of anilines is 1. The van der Waals surface area contributed by atoms with E-state index < -0.39 is 0 Å². The maximum atomic E-state index is 12.8. The Balaban J connectivity index is 1.58. The van der Waals surface area contributed by atoms with Gasteiger partial charge in [-0.25, -0.2) is 4.68 Å². The summed E-state index contributed by atoms with van der Waals surface area (Å²) >= 11 is 0. The fourth-order valence-corrected chi connectivity index (χ4v) is 3.03. The van der Waals surface area contributed by atoms with Gasteiger partial charge in [-0.3, -0.25) is 19.9 Å². The lowest BCUT2D eigenvalue weighted by Crippen LogP contribution is -2.14. The van der Waals surface area contributed by atoms with Crippen molar-refractivity contribution in [2.24, 2.45) is 0 Å². The highest BCUT2D eigenvalue weighted by Gasteiger charge is 2.19. The molecule has 0 unspecified atom stereocenters. The summed E-state index contributed by atoms with van der Waals surface area (Å²) in [5.74, 6) is 0.845. The van der Waals surface area contributed by atoms with Crippen LogP contribution in [-0.2, 0) is 5.41 Å². The first-order valence-electron chi connectivity index (χ1n) is 10.0. The zero-order valence-electron chi connectivity index (χ0n) is 18.5. The Morgan fingerprint density at radius 3 is 2.69 bits per heavy atom. The van der Waals surface area contributed by atoms with Crippen molar-refractivity contribution in [1.82, 2.24) is 35.2 Å². The van der Waals surface area contributed by atoms with Gasteiger partial charge in [-0.2, -0.15) is 5.10 Å². The average Bonchev–Trinajstić information content (AvgIpc) is 3.44. The molecule has 0 radical (unpaired) electrons. The monoisotopic (exact) mass is 432 g/mol. The second-order valence-electron chi connectivity index (χ2n) is 8.36. The summed E-state index contributed by atoms with van der Waals surface area (Å²) in [6, 6.07) is 5.37. The van der Waals surface area contributed by atoms with Gasteiger partial charge in [0.05, 0.1) is 42.1 Å². The highest BCUT2D eigenvalue weighted by Crippen LogP contribution is 2.24. The highest BCUT2D eigenvalue weighted by molar-refractivity contribution is 6.03. The van der Waals surface area contributed by atoms with E-state index in [0.717, 1.165) is 11.3 Å². The van der Waals surface area contributed by atoms with Crippen molar-refractivity contribution in [3.05, 3.63) is 59.9 Å². The van der Waals surface area contributed by atoms with E-state index in [4.69, 9.17) is 4.74 Å². The number of nitrogens with zero attached hydrogens (tertiary/aromatic N) is 6. The van der Waals surface area contributed by atoms with E-state index in [0.29, 0.717) is 34.2 Å². The molecule has 0 aliphatic rings. The van der Waals surface area contributed by atoms with Crippen LogP contribution in [-0.4, -0.2) is 48.2 Å². The van der Waals surface area contributed by atoms with E-state index in [2.05, 4.69) is 56.6 Å². The molecule has 0 bridgehead atoms. The number of aryl methyl sites for hydroxylation is 1. The van der Waals surface area contributed by atoms with Crippen LogP contribution in [0.5, 0.6) is 5.75 Å². The predicted molar refractivity (Wildman–Crippen MR) is 119 cm³/mol. The van der Waals surface area contributed by atoms with E-state index in [1.54, 1.807) is 36.4 Å². The van der Waals surface area contributed by atoms with Gasteiger partial charge in [0, 0.05) is 29.4 Å². The highest BCUT2D eigenvalue weighted by atomic mass is 16.5. The standard InChI is InChI=1S/C22H24N8O2/c1-13-18(30-12-17(26-29-30)14-6-16(32-5)11-23-9-14)7-15(10-24-13)21(31)25-20-8-19(27-28-20)22(2,3)4/h6-12H,1-5H3,(H2,25,27,28,31). The summed E-state index contributed by atoms with van der Waals surface area (Å²) in [7, 11) is 1.58. The molecule has 10 nitrogen and oxygen atoms in total. The summed E-state index contributed by atoms with van der Waals surface area (Å²) in [4.78, 5) is 21.3. The van der Waals surface area contributed by atoms with Gasteiger partial charge in [0.2, 0.25) is 0 Å². The fraction of sp³-hybridized carbons (Fsp3) is 0.273. The van der Waals surface area contributed by atoms with Crippen LogP contribution in [0.2, 0.25) is 0 Å². The van der Waals surface area contributed by atoms with Crippen molar-refractivity contribution in [2.45, 2.75) is 33.1 Å². The Kier molecular flexibility index (Phi) is 5.43. The number of pyridine rings is 2. The van der Waals surface area contributed by atoms with Gasteiger partial charge in [-0.15, -0.1) is 5.10 Å². The third-order valence-corrected chi connectivity index (χ3v) is 4.90. The molecular weight excluding hydrogens is 408 g/mol. The maximum absolute atomic E-state index is 12.8. The van der Waals surface area contributed by atoms with E-state index in [1.165, 1.54) is 6.20 Å². The Bertz CT molecular complexity index is 1270. The molecule has 164 valence electrons. The largest absolute Gasteiger partial charge is 0.495 e. The second kappa shape index (κ2) is 8.22. The van der Waals surface area contributed by atoms with Crippen LogP contribution in [0.15, 0.2) is 43.0 Å². The number of aromatic amines is 1. The number of hydrogen-bond donors (Lipinski definition) is 2. The fourth-order valence-electron chi connectivity index (χ4n) is 3.03. The van der Waals surface area contributed by atoms with Gasteiger partial charge in [-0.1, -0.05) is 26.0 Å². The van der Waals surface area contributed by atoms with Crippen LogP contribution >= 0.6 is 0 Å². The zero-order chi connectivity index (χ0) is 22.9. The van der Waals surface area contributed by atoms with Crippen molar-refractivity contribution >= 4 is 11.7 Å². The number of aromatic nitrogens is 7. The van der Waals surface area contributed by atoms with Crippen molar-refractivity contribution in [3.8, 4) is 22.7 Å². The third kappa shape index (κ3) is 4.34. The number of rotatable bonds is 5. The van der Waals surface area contributed by atoms with Crippen molar-refractivity contribution in [2.75, 3.05) is 12.4 Å². The minimum Gasteiger partial charge on any atom is -0.495 e. The lowest BCUT2D eigenvalue weighted by Gasteiger charge is -2.13. The number of ether oxygens (including phenoxy) is 1. The quantitative estimate of drug-likeness (QED) is 0.496. The maximum Gasteiger partial charge on any atom is 0.258 e. The molecule has 4 aromatic heterocycles. The molecule has 0 saturated heterocycles. The van der Waals surface area contributed by atoms with E-state index >= 15 is 0 Å². The third-order valence-electron chi connectivity index (χ3n) is 4.90. The smallest absolute Gasteiger partial charge is 0.258 e. The molecule has 2 N–H and O–H groups in total. The number of carbonyl (C=O) groups excluding carboxylic acids is 1. The Labute approximate surface area is 185 Å². The first kappa shape index (κ1) is 21.2. The van der Waals surface area contributed by atoms with E-state index in [9.17, 15) is 4.79 Å². The summed E-state index contributed by atoms with van der Waals surface area (Å²) < 4.78 is 6.80. The minimum absolute atomic E-state index is 0.124. The normalized spacial score (nSPS) is 11.4. The number of amides is 1. The Hall–Kier alpha value is -4.08. The molecule has 0 saturated carbocycles. The van der Waals surface area contributed by atoms with Crippen LogP contribution in [0.4, 0.5) is 5.82 Å².